The molecular formula is C27H34FN5O4. The van der Waals surface area contributed by atoms with Gasteiger partial charge in [0.15, 0.2) is 0 Å². The molecule has 1 aliphatic rings. The van der Waals surface area contributed by atoms with E-state index in [1.54, 1.807) is 30.8 Å². The summed E-state index contributed by atoms with van der Waals surface area (Å²) in [5, 5.41) is 20.2. The summed E-state index contributed by atoms with van der Waals surface area (Å²) in [7, 11) is 1.66. The predicted molar refractivity (Wildman–Crippen MR) is 139 cm³/mol. The number of ether oxygens (including phenoxy) is 2. The summed E-state index contributed by atoms with van der Waals surface area (Å²) in [6.45, 7) is 6.19. The van der Waals surface area contributed by atoms with Gasteiger partial charge in [0, 0.05) is 32.7 Å². The monoisotopic (exact) mass is 511 g/mol. The fourth-order valence-electron chi connectivity index (χ4n) is 4.51. The molecule has 1 fully saturated rings. The highest BCUT2D eigenvalue weighted by molar-refractivity contribution is 5.90. The van der Waals surface area contributed by atoms with E-state index in [1.807, 2.05) is 37.3 Å². The molecule has 3 N–H and O–H groups in total. The molecule has 0 spiro atoms. The highest BCUT2D eigenvalue weighted by atomic mass is 19.1. The van der Waals surface area contributed by atoms with Gasteiger partial charge in [0.05, 0.1) is 30.0 Å². The van der Waals surface area contributed by atoms with Crippen molar-refractivity contribution in [3.8, 4) is 11.6 Å². The SMILES string of the molecule is COCCN1C[C@@H](NC(=O)Nc2c(C)c(OC[C@@H](C)O)nn2-c2ccccc2)[C@H](c2ccc(F)cc2)C1. The number of carbonyl (C=O) groups excluding carboxylic acids is 1. The number of aliphatic hydroxyl groups excluding tert-OH is 1. The molecule has 2 amide bonds. The number of hydrogen-bond acceptors (Lipinski definition) is 6. The normalized spacial score (nSPS) is 18.5. The number of halogens is 1. The number of hydrogen-bond donors (Lipinski definition) is 3. The molecule has 2 aromatic carbocycles. The number of nitrogens with one attached hydrogen (secondary N) is 2. The molecule has 4 rings (SSSR count). The van der Waals surface area contributed by atoms with Crippen molar-refractivity contribution in [3.05, 3.63) is 71.5 Å². The van der Waals surface area contributed by atoms with Gasteiger partial charge in [-0.3, -0.25) is 10.2 Å². The maximum atomic E-state index is 13.5. The Hall–Kier alpha value is -3.47. The van der Waals surface area contributed by atoms with Gasteiger partial charge in [-0.05, 0) is 43.7 Å². The minimum absolute atomic E-state index is 0.00623. The maximum Gasteiger partial charge on any atom is 0.320 e. The number of benzene rings is 2. The molecule has 10 heteroatoms. The average Bonchev–Trinajstić information content (AvgIpc) is 3.43. The first-order valence-electron chi connectivity index (χ1n) is 12.4. The summed E-state index contributed by atoms with van der Waals surface area (Å²) in [4.78, 5) is 15.5. The first kappa shape index (κ1) is 26.6. The number of nitrogens with zero attached hydrogens (tertiary/aromatic N) is 3. The van der Waals surface area contributed by atoms with Crippen molar-refractivity contribution in [1.82, 2.24) is 20.0 Å². The molecule has 1 aliphatic heterocycles. The Labute approximate surface area is 216 Å². The van der Waals surface area contributed by atoms with Gasteiger partial charge in [-0.15, -0.1) is 5.10 Å². The van der Waals surface area contributed by atoms with E-state index in [0.717, 1.165) is 24.3 Å². The van der Waals surface area contributed by atoms with Crippen molar-refractivity contribution in [3.63, 3.8) is 0 Å². The minimum atomic E-state index is -0.659. The molecule has 37 heavy (non-hydrogen) atoms. The zero-order valence-electron chi connectivity index (χ0n) is 21.4. The molecule has 1 saturated heterocycles. The van der Waals surface area contributed by atoms with Crippen molar-refractivity contribution in [1.29, 1.82) is 0 Å². The number of likely N-dealkylation sites (tertiary alicyclic amines) is 1. The maximum absolute atomic E-state index is 13.5. The van der Waals surface area contributed by atoms with Crippen molar-refractivity contribution in [2.45, 2.75) is 31.9 Å². The molecule has 9 nitrogen and oxygen atoms in total. The Balaban J connectivity index is 1.55. The quantitative estimate of drug-likeness (QED) is 0.386. The lowest BCUT2D eigenvalue weighted by atomic mass is 9.94. The number of para-hydroxylation sites is 1. The first-order valence-corrected chi connectivity index (χ1v) is 12.4. The third kappa shape index (κ3) is 6.65. The summed E-state index contributed by atoms with van der Waals surface area (Å²) >= 11 is 0. The molecular weight excluding hydrogens is 477 g/mol. The molecule has 2 heterocycles. The van der Waals surface area contributed by atoms with Crippen LogP contribution in [0.15, 0.2) is 54.6 Å². The second kappa shape index (κ2) is 12.2. The molecule has 1 aromatic heterocycles. The lowest BCUT2D eigenvalue weighted by molar-refractivity contribution is 0.119. The third-order valence-electron chi connectivity index (χ3n) is 6.39. The Bertz CT molecular complexity index is 1170. The summed E-state index contributed by atoms with van der Waals surface area (Å²) in [6.07, 6.45) is -0.659. The number of aliphatic hydroxyl groups is 1. The van der Waals surface area contributed by atoms with Crippen LogP contribution in [0.3, 0.4) is 0 Å². The van der Waals surface area contributed by atoms with E-state index in [1.165, 1.54) is 12.1 Å². The van der Waals surface area contributed by atoms with E-state index in [9.17, 15) is 14.3 Å². The van der Waals surface area contributed by atoms with Crippen LogP contribution >= 0.6 is 0 Å². The van der Waals surface area contributed by atoms with Gasteiger partial charge < -0.3 is 19.9 Å². The first-order chi connectivity index (χ1) is 17.9. The van der Waals surface area contributed by atoms with Gasteiger partial charge in [0.2, 0.25) is 5.88 Å². The zero-order chi connectivity index (χ0) is 26.4. The lowest BCUT2D eigenvalue weighted by Crippen LogP contribution is -2.42. The molecule has 198 valence electrons. The minimum Gasteiger partial charge on any atom is -0.474 e. The van der Waals surface area contributed by atoms with Crippen LogP contribution in [0.5, 0.6) is 5.88 Å². The van der Waals surface area contributed by atoms with E-state index in [2.05, 4.69) is 20.6 Å². The fourth-order valence-corrected chi connectivity index (χ4v) is 4.51. The third-order valence-corrected chi connectivity index (χ3v) is 6.39. The topological polar surface area (TPSA) is 101 Å². The Morgan fingerprint density at radius 1 is 1.19 bits per heavy atom. The number of urea groups is 1. The van der Waals surface area contributed by atoms with Crippen molar-refractivity contribution >= 4 is 11.8 Å². The van der Waals surface area contributed by atoms with Crippen LogP contribution in [-0.2, 0) is 4.74 Å². The largest absolute Gasteiger partial charge is 0.474 e. The Kier molecular flexibility index (Phi) is 8.75. The average molecular weight is 512 g/mol. The second-order valence-corrected chi connectivity index (χ2v) is 9.30. The summed E-state index contributed by atoms with van der Waals surface area (Å²) < 4.78 is 26.1. The predicted octanol–water partition coefficient (Wildman–Crippen LogP) is 3.32. The number of rotatable bonds is 10. The number of amides is 2. The fraction of sp³-hybridized carbons (Fsp3) is 0.407. The van der Waals surface area contributed by atoms with Crippen molar-refractivity contribution in [2.24, 2.45) is 0 Å². The van der Waals surface area contributed by atoms with Crippen LogP contribution in [0.4, 0.5) is 15.0 Å². The van der Waals surface area contributed by atoms with Crippen LogP contribution in [0, 0.1) is 12.7 Å². The number of anilines is 1. The zero-order valence-corrected chi connectivity index (χ0v) is 21.4. The Morgan fingerprint density at radius 2 is 1.92 bits per heavy atom. The number of aromatic nitrogens is 2. The molecule has 0 aliphatic carbocycles. The lowest BCUT2D eigenvalue weighted by Gasteiger charge is -2.21. The van der Waals surface area contributed by atoms with Crippen LogP contribution in [0.1, 0.15) is 24.0 Å². The van der Waals surface area contributed by atoms with Crippen molar-refractivity contribution in [2.75, 3.05) is 45.3 Å². The standard InChI is InChI=1S/C27H34FN5O4/c1-18(34)17-37-26-19(2)25(33(31-26)22-7-5-4-6-8-22)30-27(35)29-24-16-32(13-14-36-3)15-23(24)20-9-11-21(28)12-10-20/h4-12,18,23-24,34H,13-17H2,1-3H3,(H2,29,30,35)/t18-,23+,24-/m1/s1. The van der Waals surface area contributed by atoms with Gasteiger partial charge in [0.25, 0.3) is 0 Å². The van der Waals surface area contributed by atoms with Crippen LogP contribution < -0.4 is 15.4 Å². The molecule has 0 radical (unpaired) electrons. The van der Waals surface area contributed by atoms with Gasteiger partial charge in [-0.25, -0.2) is 13.9 Å². The van der Waals surface area contributed by atoms with E-state index in [0.29, 0.717) is 30.4 Å². The number of methoxy groups -OCH3 is 1. The summed E-state index contributed by atoms with van der Waals surface area (Å²) in [6, 6.07) is 15.3. The highest BCUT2D eigenvalue weighted by Gasteiger charge is 2.35. The van der Waals surface area contributed by atoms with Gasteiger partial charge in [-0.1, -0.05) is 30.3 Å². The van der Waals surface area contributed by atoms with E-state index < -0.39 is 6.10 Å². The second-order valence-electron chi connectivity index (χ2n) is 9.30. The summed E-state index contributed by atoms with van der Waals surface area (Å²) in [5.74, 6) is 0.500. The smallest absolute Gasteiger partial charge is 0.320 e. The van der Waals surface area contributed by atoms with Crippen molar-refractivity contribution < 1.29 is 23.8 Å². The van der Waals surface area contributed by atoms with Gasteiger partial charge in [-0.2, -0.15) is 0 Å². The van der Waals surface area contributed by atoms with Crippen LogP contribution in [0.2, 0.25) is 0 Å². The van der Waals surface area contributed by atoms with Gasteiger partial charge >= 0.3 is 6.03 Å². The molecule has 0 unspecified atom stereocenters. The summed E-state index contributed by atoms with van der Waals surface area (Å²) in [5.41, 5.74) is 2.36. The van der Waals surface area contributed by atoms with E-state index in [-0.39, 0.29) is 30.4 Å². The molecule has 0 bridgehead atoms. The highest BCUT2D eigenvalue weighted by Crippen LogP contribution is 2.30. The number of carbonyl (C=O) groups is 1. The molecule has 3 atom stereocenters. The molecule has 0 saturated carbocycles. The van der Waals surface area contributed by atoms with Crippen LogP contribution in [0.25, 0.3) is 5.69 Å². The molecule has 3 aromatic rings. The van der Waals surface area contributed by atoms with Crippen LogP contribution in [-0.4, -0.2) is 77.9 Å². The Morgan fingerprint density at radius 3 is 2.59 bits per heavy atom. The van der Waals surface area contributed by atoms with E-state index >= 15 is 0 Å². The van der Waals surface area contributed by atoms with E-state index in [4.69, 9.17) is 9.47 Å². The van der Waals surface area contributed by atoms with Gasteiger partial charge in [0.1, 0.15) is 18.2 Å².